The molecule has 7 nitrogen and oxygen atoms in total. The lowest BCUT2D eigenvalue weighted by molar-refractivity contribution is 0.205. The lowest BCUT2D eigenvalue weighted by Gasteiger charge is -2.17. The molecule has 0 atom stereocenters. The van der Waals surface area contributed by atoms with Crippen LogP contribution in [0.2, 0.25) is 0 Å². The smallest absolute Gasteiger partial charge is 0.317 e. The quantitative estimate of drug-likeness (QED) is 0.747. The first kappa shape index (κ1) is 16.9. The summed E-state index contributed by atoms with van der Waals surface area (Å²) in [5.74, 6) is 1.08. The van der Waals surface area contributed by atoms with Crippen LogP contribution in [0.25, 0.3) is 11.0 Å². The van der Waals surface area contributed by atoms with Crippen LogP contribution in [0, 0.1) is 5.82 Å². The van der Waals surface area contributed by atoms with Crippen molar-refractivity contribution in [3.8, 4) is 0 Å². The van der Waals surface area contributed by atoms with E-state index >= 15 is 0 Å². The number of H-pyrrole nitrogens is 1. The molecule has 0 aliphatic carbocycles. The molecule has 0 unspecified atom stereocenters. The van der Waals surface area contributed by atoms with E-state index in [1.165, 1.54) is 17.0 Å². The highest BCUT2D eigenvalue weighted by Gasteiger charge is 2.13. The van der Waals surface area contributed by atoms with Crippen LogP contribution in [0.3, 0.4) is 0 Å². The monoisotopic (exact) mass is 344 g/mol. The van der Waals surface area contributed by atoms with Crippen LogP contribution in [0.1, 0.15) is 31.5 Å². The number of carbonyl (C=O) groups excluding carboxylic acids is 1. The van der Waals surface area contributed by atoms with Gasteiger partial charge in [-0.2, -0.15) is 0 Å². The van der Waals surface area contributed by atoms with E-state index in [-0.39, 0.29) is 17.9 Å². The molecule has 132 valence electrons. The molecule has 8 heteroatoms. The lowest BCUT2D eigenvalue weighted by Crippen LogP contribution is -2.37. The molecule has 3 rings (SSSR count). The summed E-state index contributed by atoms with van der Waals surface area (Å²) in [6.07, 6.45) is 3.61. The van der Waals surface area contributed by atoms with Crippen molar-refractivity contribution in [2.75, 3.05) is 7.05 Å². The second kappa shape index (κ2) is 6.92. The van der Waals surface area contributed by atoms with Crippen molar-refractivity contribution in [3.05, 3.63) is 48.1 Å². The summed E-state index contributed by atoms with van der Waals surface area (Å²) >= 11 is 0. The first-order valence-corrected chi connectivity index (χ1v) is 8.09. The topological polar surface area (TPSA) is 78.8 Å². The average molecular weight is 344 g/mol. The van der Waals surface area contributed by atoms with Crippen molar-refractivity contribution < 1.29 is 9.18 Å². The Morgan fingerprint density at radius 2 is 2.24 bits per heavy atom. The van der Waals surface area contributed by atoms with Gasteiger partial charge in [-0.25, -0.2) is 19.2 Å². The highest BCUT2D eigenvalue weighted by atomic mass is 19.1. The Morgan fingerprint density at radius 3 is 3.00 bits per heavy atom. The van der Waals surface area contributed by atoms with Gasteiger partial charge in [0.25, 0.3) is 0 Å². The maximum absolute atomic E-state index is 13.2. The number of hydrogen-bond donors (Lipinski definition) is 2. The Kier molecular flexibility index (Phi) is 4.69. The number of aromatic amines is 1. The second-order valence-electron chi connectivity index (χ2n) is 6.20. The normalized spacial score (nSPS) is 11.2. The van der Waals surface area contributed by atoms with Crippen molar-refractivity contribution >= 4 is 17.1 Å². The molecular formula is C17H21FN6O. The molecule has 2 heterocycles. The van der Waals surface area contributed by atoms with Gasteiger partial charge in [-0.15, -0.1) is 0 Å². The molecule has 3 aromatic rings. The van der Waals surface area contributed by atoms with Crippen LogP contribution in [-0.4, -0.2) is 37.5 Å². The van der Waals surface area contributed by atoms with E-state index in [2.05, 4.69) is 34.1 Å². The maximum Gasteiger partial charge on any atom is 0.317 e. The summed E-state index contributed by atoms with van der Waals surface area (Å²) in [7, 11) is 1.68. The molecule has 0 aliphatic heterocycles. The highest BCUT2D eigenvalue weighted by Crippen LogP contribution is 2.14. The number of nitrogens with one attached hydrogen (secondary N) is 2. The van der Waals surface area contributed by atoms with Gasteiger partial charge in [0.2, 0.25) is 0 Å². The average Bonchev–Trinajstić information content (AvgIpc) is 3.18. The van der Waals surface area contributed by atoms with E-state index in [0.29, 0.717) is 29.9 Å². The summed E-state index contributed by atoms with van der Waals surface area (Å²) in [5, 5.41) is 2.85. The van der Waals surface area contributed by atoms with Crippen LogP contribution in [0.4, 0.5) is 9.18 Å². The number of halogens is 1. The van der Waals surface area contributed by atoms with Crippen molar-refractivity contribution in [2.24, 2.45) is 0 Å². The molecule has 2 aromatic heterocycles. The third-order valence-electron chi connectivity index (χ3n) is 3.93. The largest absolute Gasteiger partial charge is 0.340 e. The highest BCUT2D eigenvalue weighted by molar-refractivity contribution is 5.76. The number of imidazole rings is 2. The van der Waals surface area contributed by atoms with E-state index < -0.39 is 0 Å². The molecule has 0 radical (unpaired) electrons. The predicted octanol–water partition coefficient (Wildman–Crippen LogP) is 2.82. The van der Waals surface area contributed by atoms with Crippen LogP contribution in [-0.2, 0) is 13.1 Å². The zero-order chi connectivity index (χ0) is 18.0. The number of urea groups is 1. The number of hydrogen-bond acceptors (Lipinski definition) is 3. The zero-order valence-electron chi connectivity index (χ0n) is 14.5. The lowest BCUT2D eigenvalue weighted by atomic mass is 10.3. The minimum Gasteiger partial charge on any atom is -0.340 e. The first-order chi connectivity index (χ1) is 11.9. The van der Waals surface area contributed by atoms with E-state index in [4.69, 9.17) is 0 Å². The Hall–Kier alpha value is -2.90. The van der Waals surface area contributed by atoms with Crippen LogP contribution >= 0.6 is 0 Å². The molecule has 1 aromatic carbocycles. The SMILES string of the molecule is CC(C)n1ccnc1CNC(=O)N(C)Cc1nc2ccc(F)cc2[nH]1. The van der Waals surface area contributed by atoms with Gasteiger partial charge < -0.3 is 19.8 Å². The minimum absolute atomic E-state index is 0.232. The molecule has 2 amide bonds. The van der Waals surface area contributed by atoms with Crippen LogP contribution in [0.15, 0.2) is 30.6 Å². The second-order valence-corrected chi connectivity index (χ2v) is 6.20. The predicted molar refractivity (Wildman–Crippen MR) is 92.4 cm³/mol. The number of carbonyl (C=O) groups is 1. The van der Waals surface area contributed by atoms with E-state index in [1.807, 2.05) is 10.8 Å². The molecule has 25 heavy (non-hydrogen) atoms. The molecule has 0 spiro atoms. The fourth-order valence-corrected chi connectivity index (χ4v) is 2.65. The molecule has 0 saturated heterocycles. The molecule has 0 aliphatic rings. The van der Waals surface area contributed by atoms with E-state index in [9.17, 15) is 9.18 Å². The number of aromatic nitrogens is 4. The zero-order valence-corrected chi connectivity index (χ0v) is 14.5. The van der Waals surface area contributed by atoms with Gasteiger partial charge in [0, 0.05) is 25.5 Å². The molecular weight excluding hydrogens is 323 g/mol. The summed E-state index contributed by atoms with van der Waals surface area (Å²) in [5.41, 5.74) is 1.28. The van der Waals surface area contributed by atoms with Crippen molar-refractivity contribution in [1.29, 1.82) is 0 Å². The molecule has 0 fully saturated rings. The van der Waals surface area contributed by atoms with Gasteiger partial charge in [-0.1, -0.05) is 0 Å². The molecule has 0 bridgehead atoms. The van der Waals surface area contributed by atoms with Crippen LogP contribution < -0.4 is 5.32 Å². The minimum atomic E-state index is -0.325. The van der Waals surface area contributed by atoms with Crippen LogP contribution in [0.5, 0.6) is 0 Å². The van der Waals surface area contributed by atoms with Gasteiger partial charge in [-0.05, 0) is 32.0 Å². The Bertz CT molecular complexity index is 884. The fraction of sp³-hybridized carbons (Fsp3) is 0.353. The summed E-state index contributed by atoms with van der Waals surface area (Å²) in [6.45, 7) is 4.76. The standard InChI is InChI=1S/C17H21FN6O/c1-11(2)24-7-6-19-16(24)9-20-17(25)23(3)10-15-21-13-5-4-12(18)8-14(13)22-15/h4-8,11H,9-10H2,1-3H3,(H,20,25)(H,21,22). The van der Waals surface area contributed by atoms with Crippen molar-refractivity contribution in [2.45, 2.75) is 33.0 Å². The Morgan fingerprint density at radius 1 is 1.44 bits per heavy atom. The summed E-state index contributed by atoms with van der Waals surface area (Å²) < 4.78 is 15.2. The van der Waals surface area contributed by atoms with Gasteiger partial charge in [-0.3, -0.25) is 0 Å². The number of fused-ring (bicyclic) bond motifs is 1. The summed E-state index contributed by atoms with van der Waals surface area (Å²) in [4.78, 5) is 25.4. The number of rotatable bonds is 5. The number of amides is 2. The van der Waals surface area contributed by atoms with E-state index in [0.717, 1.165) is 5.82 Å². The van der Waals surface area contributed by atoms with Gasteiger partial charge >= 0.3 is 6.03 Å². The number of nitrogens with zero attached hydrogens (tertiary/aromatic N) is 4. The van der Waals surface area contributed by atoms with Gasteiger partial charge in [0.1, 0.15) is 17.5 Å². The fourth-order valence-electron chi connectivity index (χ4n) is 2.65. The third kappa shape index (κ3) is 3.78. The van der Waals surface area contributed by atoms with E-state index in [1.54, 1.807) is 19.3 Å². The Labute approximate surface area is 144 Å². The molecule has 0 saturated carbocycles. The van der Waals surface area contributed by atoms with Gasteiger partial charge in [0.15, 0.2) is 0 Å². The Balaban J connectivity index is 1.60. The molecule has 2 N–H and O–H groups in total. The van der Waals surface area contributed by atoms with Crippen molar-refractivity contribution in [3.63, 3.8) is 0 Å². The van der Waals surface area contributed by atoms with Crippen molar-refractivity contribution in [1.82, 2.24) is 29.7 Å². The summed E-state index contributed by atoms with van der Waals surface area (Å²) in [6, 6.07) is 4.40. The maximum atomic E-state index is 13.2. The number of benzene rings is 1. The first-order valence-electron chi connectivity index (χ1n) is 8.09. The third-order valence-corrected chi connectivity index (χ3v) is 3.93. The van der Waals surface area contributed by atoms with Gasteiger partial charge in [0.05, 0.1) is 24.1 Å².